The van der Waals surface area contributed by atoms with Gasteiger partial charge in [-0.05, 0) is 74.2 Å². The van der Waals surface area contributed by atoms with E-state index in [0.29, 0.717) is 5.92 Å². The van der Waals surface area contributed by atoms with Crippen molar-refractivity contribution in [2.75, 3.05) is 0 Å². The molecule has 0 spiro atoms. The Bertz CT molecular complexity index is 931. The number of hydrogen-bond acceptors (Lipinski definition) is 1. The molecule has 0 N–H and O–H groups in total. The molecule has 0 amide bonds. The van der Waals surface area contributed by atoms with Gasteiger partial charge in [-0.25, -0.2) is 0 Å². The predicted octanol–water partition coefficient (Wildman–Crippen LogP) is 7.98. The molecular weight excluding hydrogens is 408 g/mol. The van der Waals surface area contributed by atoms with Gasteiger partial charge >= 0.3 is 0 Å². The Labute approximate surface area is 196 Å². The van der Waals surface area contributed by atoms with E-state index in [1.165, 1.54) is 22.3 Å². The number of aryl methyl sites for hydroxylation is 1. The third-order valence-electron chi connectivity index (χ3n) is 7.26. The van der Waals surface area contributed by atoms with Crippen LogP contribution in [-0.2, 0) is 10.8 Å². The third kappa shape index (κ3) is 4.68. The van der Waals surface area contributed by atoms with Gasteiger partial charge in [0.25, 0.3) is 9.04 Å². The lowest BCUT2D eigenvalue weighted by Gasteiger charge is -2.40. The van der Waals surface area contributed by atoms with Gasteiger partial charge in [0.05, 0.1) is 0 Å². The second kappa shape index (κ2) is 8.37. The van der Waals surface area contributed by atoms with Crippen LogP contribution < -0.4 is 9.61 Å². The minimum absolute atomic E-state index is 0.0231. The quantitative estimate of drug-likeness (QED) is 0.418. The average Bonchev–Trinajstić information content (AvgIpc) is 2.77. The summed E-state index contributed by atoms with van der Waals surface area (Å²) in [5, 5.41) is 3.33. The minimum atomic E-state index is -1.92. The second-order valence-corrected chi connectivity index (χ2v) is 18.9. The summed E-state index contributed by atoms with van der Waals surface area (Å²) in [6, 6.07) is 2.51. The molecule has 3 heteroatoms. The van der Waals surface area contributed by atoms with E-state index in [1.54, 1.807) is 21.5 Å². The first kappa shape index (κ1) is 26.2. The first-order valence-corrected chi connectivity index (χ1v) is 17.3. The van der Waals surface area contributed by atoms with Crippen molar-refractivity contribution in [1.82, 2.24) is 0 Å². The van der Waals surface area contributed by atoms with Crippen LogP contribution >= 0.6 is 0 Å². The van der Waals surface area contributed by atoms with Crippen LogP contribution in [0.3, 0.4) is 0 Å². The molecule has 1 aromatic rings. The molecule has 0 aromatic heterocycles. The molecule has 173 valence electrons. The van der Waals surface area contributed by atoms with E-state index in [2.05, 4.69) is 108 Å². The van der Waals surface area contributed by atoms with Crippen molar-refractivity contribution in [2.45, 2.75) is 113 Å². The summed E-state index contributed by atoms with van der Waals surface area (Å²) in [6.07, 6.45) is 0. The third-order valence-corrected chi connectivity index (χ3v) is 11.8. The van der Waals surface area contributed by atoms with Crippen LogP contribution in [0.25, 0.3) is 0 Å². The number of rotatable bonds is 4. The molecule has 1 nitrogen and oxygen atoms in total. The maximum Gasteiger partial charge on any atom is 0.274 e. The standard InChI is InChI=1S/C28H47OSi2/c1-17-16-22(31(14,15)26-20(4)18(2)19(3)21(26)5)23(27(6,7)8)24(28(9,10)11)25(17)29-30(12)13/h16,20H,1-15H3. The highest BCUT2D eigenvalue weighted by Crippen LogP contribution is 2.45. The van der Waals surface area contributed by atoms with Gasteiger partial charge in [0.1, 0.15) is 13.8 Å². The summed E-state index contributed by atoms with van der Waals surface area (Å²) < 4.78 is 6.61. The van der Waals surface area contributed by atoms with E-state index in [0.717, 1.165) is 5.75 Å². The molecule has 1 radical (unpaired) electrons. The minimum Gasteiger partial charge on any atom is -0.542 e. The molecular formula is C28H47OSi2. The Morgan fingerprint density at radius 3 is 1.68 bits per heavy atom. The molecule has 1 aliphatic carbocycles. The van der Waals surface area contributed by atoms with Crippen molar-refractivity contribution in [2.24, 2.45) is 5.92 Å². The molecule has 0 saturated heterocycles. The van der Waals surface area contributed by atoms with Crippen LogP contribution in [-0.4, -0.2) is 17.1 Å². The molecule has 0 bridgehead atoms. The summed E-state index contributed by atoms with van der Waals surface area (Å²) in [7, 11) is -2.78. The van der Waals surface area contributed by atoms with Crippen LogP contribution in [0.15, 0.2) is 28.0 Å². The first-order valence-electron chi connectivity index (χ1n) is 11.9. The van der Waals surface area contributed by atoms with Crippen molar-refractivity contribution >= 4 is 22.3 Å². The van der Waals surface area contributed by atoms with Crippen molar-refractivity contribution in [1.29, 1.82) is 0 Å². The summed E-state index contributed by atoms with van der Waals surface area (Å²) in [4.78, 5) is 0. The van der Waals surface area contributed by atoms with Gasteiger partial charge in [-0.3, -0.25) is 0 Å². The van der Waals surface area contributed by atoms with E-state index in [-0.39, 0.29) is 10.8 Å². The maximum atomic E-state index is 6.61. The Balaban J connectivity index is 3.00. The number of hydrogen-bond donors (Lipinski definition) is 0. The zero-order chi connectivity index (χ0) is 24.3. The molecule has 1 unspecified atom stereocenters. The second-order valence-electron chi connectivity index (χ2n) is 12.5. The van der Waals surface area contributed by atoms with Gasteiger partial charge in [-0.2, -0.15) is 0 Å². The fourth-order valence-corrected chi connectivity index (χ4v) is 10.7. The highest BCUT2D eigenvalue weighted by atomic mass is 28.3. The molecule has 1 aromatic carbocycles. The number of benzene rings is 1. The Morgan fingerprint density at radius 2 is 1.32 bits per heavy atom. The molecule has 2 rings (SSSR count). The van der Waals surface area contributed by atoms with Crippen molar-refractivity contribution in [3.8, 4) is 5.75 Å². The predicted molar refractivity (Wildman–Crippen MR) is 144 cm³/mol. The lowest BCUT2D eigenvalue weighted by atomic mass is 9.74. The summed E-state index contributed by atoms with van der Waals surface area (Å²) >= 11 is 0. The highest BCUT2D eigenvalue weighted by Gasteiger charge is 2.43. The van der Waals surface area contributed by atoms with E-state index < -0.39 is 17.1 Å². The Kier molecular flexibility index (Phi) is 7.07. The maximum absolute atomic E-state index is 6.61. The van der Waals surface area contributed by atoms with Crippen LogP contribution in [0, 0.1) is 12.8 Å². The SMILES string of the molecule is CC1=C(C)C(C)C([Si](C)(C)c2cc(C)c(O[Si](C)C)c(C(C)(C)C)c2C(C)(C)C)=C1C. The summed E-state index contributed by atoms with van der Waals surface area (Å²) in [5.41, 5.74) is 8.97. The van der Waals surface area contributed by atoms with Gasteiger partial charge in [0.15, 0.2) is 0 Å². The molecule has 1 atom stereocenters. The van der Waals surface area contributed by atoms with Gasteiger partial charge in [0.2, 0.25) is 0 Å². The smallest absolute Gasteiger partial charge is 0.274 e. The van der Waals surface area contributed by atoms with E-state index in [1.807, 2.05) is 0 Å². The molecule has 31 heavy (non-hydrogen) atoms. The lowest BCUT2D eigenvalue weighted by Crippen LogP contribution is -2.50. The monoisotopic (exact) mass is 455 g/mol. The summed E-state index contributed by atoms with van der Waals surface area (Å²) in [5.74, 6) is 1.70. The molecule has 0 aliphatic heterocycles. The molecule has 1 aliphatic rings. The highest BCUT2D eigenvalue weighted by molar-refractivity contribution is 6.96. The molecule has 0 heterocycles. The van der Waals surface area contributed by atoms with E-state index in [9.17, 15) is 0 Å². The largest absolute Gasteiger partial charge is 0.542 e. The van der Waals surface area contributed by atoms with Gasteiger partial charge in [-0.1, -0.05) is 89.2 Å². The van der Waals surface area contributed by atoms with E-state index >= 15 is 0 Å². The van der Waals surface area contributed by atoms with Crippen LogP contribution in [0.4, 0.5) is 0 Å². The van der Waals surface area contributed by atoms with Crippen LogP contribution in [0.2, 0.25) is 26.2 Å². The van der Waals surface area contributed by atoms with Crippen molar-refractivity contribution in [3.05, 3.63) is 44.7 Å². The number of allylic oxidation sites excluding steroid dienone is 4. The Morgan fingerprint density at radius 1 is 0.839 bits per heavy atom. The lowest BCUT2D eigenvalue weighted by molar-refractivity contribution is 0.490. The van der Waals surface area contributed by atoms with Gasteiger partial charge < -0.3 is 4.43 Å². The van der Waals surface area contributed by atoms with Crippen molar-refractivity contribution < 1.29 is 4.43 Å². The molecule has 0 saturated carbocycles. The van der Waals surface area contributed by atoms with Crippen molar-refractivity contribution in [3.63, 3.8) is 0 Å². The summed E-state index contributed by atoms with van der Waals surface area (Å²) in [6.45, 7) is 35.6. The molecule has 0 fully saturated rings. The zero-order valence-corrected chi connectivity index (χ0v) is 25.1. The zero-order valence-electron chi connectivity index (χ0n) is 23.1. The Hall–Kier alpha value is -1.07. The average molecular weight is 456 g/mol. The first-order chi connectivity index (χ1) is 13.8. The fraction of sp³-hybridized carbons (Fsp3) is 0.643. The van der Waals surface area contributed by atoms with Gasteiger partial charge in [0, 0.05) is 5.56 Å². The fourth-order valence-electron chi connectivity index (χ4n) is 5.64. The van der Waals surface area contributed by atoms with E-state index in [4.69, 9.17) is 4.43 Å². The van der Waals surface area contributed by atoms with Crippen LogP contribution in [0.5, 0.6) is 5.75 Å². The van der Waals surface area contributed by atoms with Crippen LogP contribution in [0.1, 0.15) is 85.9 Å². The van der Waals surface area contributed by atoms with Gasteiger partial charge in [-0.15, -0.1) is 0 Å². The topological polar surface area (TPSA) is 9.23 Å². The normalized spacial score (nSPS) is 18.5.